The highest BCUT2D eigenvalue weighted by atomic mass is 15.1. The van der Waals surface area contributed by atoms with E-state index < -0.39 is 0 Å². The van der Waals surface area contributed by atoms with Crippen LogP contribution in [0.2, 0.25) is 0 Å². The molecule has 0 aliphatic rings. The van der Waals surface area contributed by atoms with Gasteiger partial charge in [-0.2, -0.15) is 0 Å². The van der Waals surface area contributed by atoms with Gasteiger partial charge in [0.05, 0.1) is 5.69 Å². The molecule has 0 heterocycles. The van der Waals surface area contributed by atoms with Crippen molar-refractivity contribution in [2.75, 3.05) is 4.90 Å². The zero-order chi connectivity index (χ0) is 37.7. The van der Waals surface area contributed by atoms with Gasteiger partial charge in [-0.05, 0) is 107 Å². The summed E-state index contributed by atoms with van der Waals surface area (Å²) < 4.78 is 0. The summed E-state index contributed by atoms with van der Waals surface area (Å²) in [5.74, 6) is 0. The molecule has 11 aromatic rings. The first-order valence-electron chi connectivity index (χ1n) is 19.7. The molecule has 0 bridgehead atoms. The SMILES string of the molecule is c1ccc(-c2c(N(c3ccc(-c4cccc5ccccc45)cc3)c3ccc(-c4cc5ccccc5c5ccccc45)cc3)c3ccccc3c3ccccc23)cc1. The van der Waals surface area contributed by atoms with Crippen molar-refractivity contribution in [3.63, 3.8) is 0 Å². The zero-order valence-electron chi connectivity index (χ0n) is 31.3. The van der Waals surface area contributed by atoms with Gasteiger partial charge in [-0.25, -0.2) is 0 Å². The summed E-state index contributed by atoms with van der Waals surface area (Å²) in [6.45, 7) is 0. The first-order chi connectivity index (χ1) is 28.3. The van der Waals surface area contributed by atoms with Crippen LogP contribution in [0, 0.1) is 0 Å². The van der Waals surface area contributed by atoms with E-state index in [2.05, 4.69) is 229 Å². The first-order valence-corrected chi connectivity index (χ1v) is 19.7. The number of benzene rings is 11. The molecule has 1 heteroatoms. The molecular formula is C56H37N. The number of hydrogen-bond acceptors (Lipinski definition) is 1. The molecular weight excluding hydrogens is 687 g/mol. The molecule has 11 rings (SSSR count). The minimum absolute atomic E-state index is 1.10. The highest BCUT2D eigenvalue weighted by Gasteiger charge is 2.24. The van der Waals surface area contributed by atoms with E-state index in [1.165, 1.54) is 87.2 Å². The summed E-state index contributed by atoms with van der Waals surface area (Å²) in [5, 5.41) is 12.5. The third-order valence-corrected chi connectivity index (χ3v) is 11.6. The molecule has 0 amide bonds. The third-order valence-electron chi connectivity index (χ3n) is 11.6. The average Bonchev–Trinajstić information content (AvgIpc) is 3.29. The number of hydrogen-bond donors (Lipinski definition) is 0. The van der Waals surface area contributed by atoms with Gasteiger partial charge in [0.25, 0.3) is 0 Å². The number of rotatable bonds is 6. The lowest BCUT2D eigenvalue weighted by Gasteiger charge is -2.31. The van der Waals surface area contributed by atoms with E-state index in [1.54, 1.807) is 0 Å². The van der Waals surface area contributed by atoms with E-state index in [0.717, 1.165) is 17.1 Å². The van der Waals surface area contributed by atoms with Gasteiger partial charge in [0.15, 0.2) is 0 Å². The van der Waals surface area contributed by atoms with Crippen LogP contribution in [0.15, 0.2) is 224 Å². The Morgan fingerprint density at radius 2 is 0.702 bits per heavy atom. The first kappa shape index (κ1) is 32.9. The Morgan fingerprint density at radius 3 is 1.37 bits per heavy atom. The van der Waals surface area contributed by atoms with Crippen LogP contribution < -0.4 is 4.90 Å². The molecule has 0 aliphatic carbocycles. The summed E-state index contributed by atoms with van der Waals surface area (Å²) in [5.41, 5.74) is 10.6. The molecule has 0 atom stereocenters. The van der Waals surface area contributed by atoms with Crippen LogP contribution in [-0.2, 0) is 0 Å². The molecule has 0 saturated heterocycles. The van der Waals surface area contributed by atoms with E-state index in [0.29, 0.717) is 0 Å². The van der Waals surface area contributed by atoms with Crippen LogP contribution in [0.25, 0.3) is 87.2 Å². The van der Waals surface area contributed by atoms with Gasteiger partial charge < -0.3 is 4.90 Å². The van der Waals surface area contributed by atoms with Gasteiger partial charge in [-0.1, -0.05) is 194 Å². The molecule has 0 aromatic heterocycles. The molecule has 0 unspecified atom stereocenters. The minimum Gasteiger partial charge on any atom is -0.309 e. The Balaban J connectivity index is 1.16. The maximum atomic E-state index is 2.48. The summed E-state index contributed by atoms with van der Waals surface area (Å²) in [4.78, 5) is 2.48. The van der Waals surface area contributed by atoms with Crippen molar-refractivity contribution in [1.29, 1.82) is 0 Å². The Labute approximate surface area is 332 Å². The van der Waals surface area contributed by atoms with E-state index >= 15 is 0 Å². The molecule has 0 saturated carbocycles. The van der Waals surface area contributed by atoms with Crippen LogP contribution in [-0.4, -0.2) is 0 Å². The van der Waals surface area contributed by atoms with Crippen molar-refractivity contribution in [3.05, 3.63) is 224 Å². The second-order valence-electron chi connectivity index (χ2n) is 14.8. The summed E-state index contributed by atoms with van der Waals surface area (Å²) in [6, 6.07) is 82.1. The average molecular weight is 724 g/mol. The highest BCUT2D eigenvalue weighted by Crippen LogP contribution is 2.50. The number of fused-ring (bicyclic) bond motifs is 7. The van der Waals surface area contributed by atoms with Gasteiger partial charge in [-0.15, -0.1) is 0 Å². The molecule has 0 N–H and O–H groups in total. The standard InChI is InChI=1S/C56H37N/c1-2-16-41(17-3-1)55-52-26-12-10-23-49(52)50-24-11-13-27-53(50)56(55)57(43-33-29-39(30-34-43)46-28-14-19-38-15-4-6-20-45(38)46)44-35-31-40(32-36-44)54-37-42-18-5-7-21-47(42)48-22-8-9-25-51(48)54/h1-37H. The van der Waals surface area contributed by atoms with Crippen molar-refractivity contribution in [1.82, 2.24) is 0 Å². The lowest BCUT2D eigenvalue weighted by atomic mass is 9.89. The van der Waals surface area contributed by atoms with Crippen LogP contribution in [0.3, 0.4) is 0 Å². The van der Waals surface area contributed by atoms with Gasteiger partial charge in [0.1, 0.15) is 0 Å². The molecule has 57 heavy (non-hydrogen) atoms. The van der Waals surface area contributed by atoms with E-state index in [4.69, 9.17) is 0 Å². The Morgan fingerprint density at radius 1 is 0.246 bits per heavy atom. The van der Waals surface area contributed by atoms with Crippen LogP contribution in [0.1, 0.15) is 0 Å². The number of nitrogens with zero attached hydrogens (tertiary/aromatic N) is 1. The normalized spacial score (nSPS) is 11.5. The molecule has 0 spiro atoms. The largest absolute Gasteiger partial charge is 0.309 e. The van der Waals surface area contributed by atoms with Gasteiger partial charge in [0, 0.05) is 22.3 Å². The summed E-state index contributed by atoms with van der Waals surface area (Å²) in [7, 11) is 0. The Hall–Kier alpha value is -7.48. The lowest BCUT2D eigenvalue weighted by Crippen LogP contribution is -2.12. The predicted octanol–water partition coefficient (Wildman–Crippen LogP) is 15.9. The third kappa shape index (κ3) is 5.55. The maximum Gasteiger partial charge on any atom is 0.0624 e. The van der Waals surface area contributed by atoms with Crippen molar-refractivity contribution in [2.24, 2.45) is 0 Å². The fourth-order valence-electron chi connectivity index (χ4n) is 9.01. The Kier molecular flexibility index (Phi) is 7.89. The van der Waals surface area contributed by atoms with Crippen molar-refractivity contribution >= 4 is 70.9 Å². The summed E-state index contributed by atoms with van der Waals surface area (Å²) in [6.07, 6.45) is 0. The van der Waals surface area contributed by atoms with E-state index in [1.807, 2.05) is 0 Å². The van der Waals surface area contributed by atoms with E-state index in [-0.39, 0.29) is 0 Å². The fraction of sp³-hybridized carbons (Fsp3) is 0. The van der Waals surface area contributed by atoms with Crippen molar-refractivity contribution in [3.8, 4) is 33.4 Å². The van der Waals surface area contributed by atoms with Gasteiger partial charge in [0.2, 0.25) is 0 Å². The van der Waals surface area contributed by atoms with Crippen molar-refractivity contribution < 1.29 is 0 Å². The van der Waals surface area contributed by atoms with Crippen LogP contribution in [0.4, 0.5) is 17.1 Å². The quantitative estimate of drug-likeness (QED) is 0.154. The second-order valence-corrected chi connectivity index (χ2v) is 14.8. The predicted molar refractivity (Wildman–Crippen MR) is 245 cm³/mol. The molecule has 0 radical (unpaired) electrons. The van der Waals surface area contributed by atoms with Gasteiger partial charge >= 0.3 is 0 Å². The monoisotopic (exact) mass is 723 g/mol. The lowest BCUT2D eigenvalue weighted by molar-refractivity contribution is 1.30. The summed E-state index contributed by atoms with van der Waals surface area (Å²) >= 11 is 0. The number of anilines is 3. The Bertz CT molecular complexity index is 3270. The van der Waals surface area contributed by atoms with Gasteiger partial charge in [-0.3, -0.25) is 0 Å². The van der Waals surface area contributed by atoms with Crippen molar-refractivity contribution in [2.45, 2.75) is 0 Å². The smallest absolute Gasteiger partial charge is 0.0624 e. The fourth-order valence-corrected chi connectivity index (χ4v) is 9.01. The molecule has 11 aromatic carbocycles. The molecule has 1 nitrogen and oxygen atoms in total. The van der Waals surface area contributed by atoms with Crippen LogP contribution in [0.5, 0.6) is 0 Å². The molecule has 0 fully saturated rings. The second kappa shape index (κ2) is 13.7. The topological polar surface area (TPSA) is 3.24 Å². The molecule has 266 valence electrons. The van der Waals surface area contributed by atoms with Crippen LogP contribution >= 0.6 is 0 Å². The maximum absolute atomic E-state index is 2.48. The van der Waals surface area contributed by atoms with E-state index in [9.17, 15) is 0 Å². The molecule has 0 aliphatic heterocycles. The zero-order valence-corrected chi connectivity index (χ0v) is 31.3. The highest BCUT2D eigenvalue weighted by molar-refractivity contribution is 6.22. The minimum atomic E-state index is 1.10.